The number of esters is 2. The van der Waals surface area contributed by atoms with Gasteiger partial charge in [-0.05, 0) is 70.6 Å². The van der Waals surface area contributed by atoms with E-state index in [1.807, 2.05) is 0 Å². The van der Waals surface area contributed by atoms with Crippen LogP contribution in [0.2, 0.25) is 0 Å². The molecule has 0 N–H and O–H groups in total. The molecule has 0 aromatic rings. The van der Waals surface area contributed by atoms with Crippen molar-refractivity contribution in [3.8, 4) is 0 Å². The van der Waals surface area contributed by atoms with Crippen LogP contribution in [-0.2, 0) is 23.8 Å². The fourth-order valence-electron chi connectivity index (χ4n) is 5.20. The van der Waals surface area contributed by atoms with Crippen molar-refractivity contribution in [2.24, 2.45) is 0 Å². The fourth-order valence-corrected chi connectivity index (χ4v) is 5.20. The van der Waals surface area contributed by atoms with Crippen molar-refractivity contribution < 1.29 is 23.8 Å². The van der Waals surface area contributed by atoms with Crippen LogP contribution in [0.25, 0.3) is 0 Å². The monoisotopic (exact) mass is 697 g/mol. The van der Waals surface area contributed by atoms with Crippen molar-refractivity contribution in [2.75, 3.05) is 19.8 Å². The lowest BCUT2D eigenvalue weighted by atomic mass is 10.1. The Bertz CT molecular complexity index is 926. The van der Waals surface area contributed by atoms with E-state index in [0.717, 1.165) is 83.5 Å². The smallest absolute Gasteiger partial charge is 0.306 e. The molecule has 0 saturated heterocycles. The van der Waals surface area contributed by atoms with E-state index in [-0.39, 0.29) is 25.2 Å². The standard InChI is InChI=1S/C45H76O5/c1-4-7-10-13-16-18-20-21-22-23-24-26-28-31-34-37-40-48-41-43(50-45(47)39-36-33-29-15-12-9-6-3)42-49-44(46)38-35-32-30-27-25-19-17-14-11-8-5-2/h7,10,14,16-18,21-22,24,26,31,34,43H,4-6,8-9,11-13,15,19-20,23,25,27-30,32-33,35-42H2,1-3H3/b10-7-,17-14-,18-16-,22-21-,26-24-,34-31-. The van der Waals surface area contributed by atoms with Gasteiger partial charge in [-0.3, -0.25) is 9.59 Å². The Morgan fingerprint density at radius 1 is 0.460 bits per heavy atom. The van der Waals surface area contributed by atoms with E-state index in [1.54, 1.807) is 0 Å². The molecule has 286 valence electrons. The fraction of sp³-hybridized carbons (Fsp3) is 0.689. The first-order chi connectivity index (χ1) is 24.6. The largest absolute Gasteiger partial charge is 0.462 e. The van der Waals surface area contributed by atoms with Gasteiger partial charge in [-0.1, -0.05) is 164 Å². The average molecular weight is 697 g/mol. The van der Waals surface area contributed by atoms with Crippen LogP contribution in [0.3, 0.4) is 0 Å². The Balaban J connectivity index is 4.33. The van der Waals surface area contributed by atoms with Crippen LogP contribution in [0.4, 0.5) is 0 Å². The molecular weight excluding hydrogens is 620 g/mol. The minimum atomic E-state index is -0.574. The molecule has 0 fully saturated rings. The molecular formula is C45H76O5. The number of ether oxygens (including phenoxy) is 3. The Morgan fingerprint density at radius 3 is 1.50 bits per heavy atom. The summed E-state index contributed by atoms with van der Waals surface area (Å²) in [5.74, 6) is -0.461. The molecule has 0 aliphatic heterocycles. The van der Waals surface area contributed by atoms with E-state index in [4.69, 9.17) is 14.2 Å². The van der Waals surface area contributed by atoms with Crippen LogP contribution in [0.1, 0.15) is 175 Å². The highest BCUT2D eigenvalue weighted by Gasteiger charge is 2.17. The van der Waals surface area contributed by atoms with Crippen LogP contribution in [0.15, 0.2) is 72.9 Å². The quantitative estimate of drug-likeness (QED) is 0.0371. The number of carbonyl (C=O) groups is 2. The Labute approximate surface area is 308 Å². The van der Waals surface area contributed by atoms with Gasteiger partial charge in [-0.2, -0.15) is 0 Å². The van der Waals surface area contributed by atoms with Gasteiger partial charge in [0.15, 0.2) is 6.10 Å². The summed E-state index contributed by atoms with van der Waals surface area (Å²) in [6.45, 7) is 7.40. The summed E-state index contributed by atoms with van der Waals surface area (Å²) < 4.78 is 17.1. The molecule has 1 unspecified atom stereocenters. The molecule has 0 heterocycles. The van der Waals surface area contributed by atoms with Gasteiger partial charge >= 0.3 is 11.9 Å². The number of carbonyl (C=O) groups excluding carboxylic acids is 2. The molecule has 0 aromatic heterocycles. The summed E-state index contributed by atoms with van der Waals surface area (Å²) >= 11 is 0. The van der Waals surface area contributed by atoms with Crippen molar-refractivity contribution in [1.82, 2.24) is 0 Å². The summed E-state index contributed by atoms with van der Waals surface area (Å²) in [5, 5.41) is 0. The second kappa shape index (κ2) is 40.8. The Morgan fingerprint density at radius 2 is 0.920 bits per heavy atom. The van der Waals surface area contributed by atoms with Gasteiger partial charge in [0.1, 0.15) is 6.61 Å². The molecule has 0 saturated carbocycles. The molecule has 0 aliphatic carbocycles. The minimum absolute atomic E-state index is 0.0492. The number of hydrogen-bond acceptors (Lipinski definition) is 5. The molecule has 5 nitrogen and oxygen atoms in total. The molecule has 50 heavy (non-hydrogen) atoms. The average Bonchev–Trinajstić information content (AvgIpc) is 3.11. The second-order valence-corrected chi connectivity index (χ2v) is 13.2. The lowest BCUT2D eigenvalue weighted by Gasteiger charge is -2.18. The normalized spacial score (nSPS) is 12.9. The third-order valence-corrected chi connectivity index (χ3v) is 8.25. The van der Waals surface area contributed by atoms with Crippen LogP contribution < -0.4 is 0 Å². The molecule has 0 radical (unpaired) electrons. The van der Waals surface area contributed by atoms with Crippen molar-refractivity contribution in [2.45, 2.75) is 181 Å². The van der Waals surface area contributed by atoms with E-state index in [9.17, 15) is 9.59 Å². The van der Waals surface area contributed by atoms with Gasteiger partial charge in [-0.25, -0.2) is 0 Å². The van der Waals surface area contributed by atoms with Gasteiger partial charge in [0.05, 0.1) is 13.2 Å². The summed E-state index contributed by atoms with van der Waals surface area (Å²) in [6, 6.07) is 0. The Kier molecular flexibility index (Phi) is 38.6. The Hall–Kier alpha value is -2.66. The molecule has 0 aliphatic rings. The van der Waals surface area contributed by atoms with Crippen molar-refractivity contribution >= 4 is 11.9 Å². The van der Waals surface area contributed by atoms with Crippen LogP contribution in [0.5, 0.6) is 0 Å². The predicted molar refractivity (Wildman–Crippen MR) is 214 cm³/mol. The lowest BCUT2D eigenvalue weighted by molar-refractivity contribution is -0.162. The number of allylic oxidation sites excluding steroid dienone is 11. The number of hydrogen-bond donors (Lipinski definition) is 0. The number of unbranched alkanes of at least 4 members (excludes halogenated alkanes) is 13. The number of rotatable bonds is 36. The topological polar surface area (TPSA) is 61.8 Å². The van der Waals surface area contributed by atoms with Crippen LogP contribution >= 0.6 is 0 Å². The zero-order valence-corrected chi connectivity index (χ0v) is 32.6. The lowest BCUT2D eigenvalue weighted by Crippen LogP contribution is -2.30. The van der Waals surface area contributed by atoms with E-state index in [1.165, 1.54) is 57.8 Å². The third-order valence-electron chi connectivity index (χ3n) is 8.25. The summed E-state index contributed by atoms with van der Waals surface area (Å²) in [6.07, 6.45) is 50.7. The highest BCUT2D eigenvalue weighted by molar-refractivity contribution is 5.70. The first-order valence-electron chi connectivity index (χ1n) is 20.5. The van der Waals surface area contributed by atoms with Crippen molar-refractivity contribution in [3.05, 3.63) is 72.9 Å². The van der Waals surface area contributed by atoms with E-state index in [0.29, 0.717) is 19.4 Å². The molecule has 5 heteroatoms. The summed E-state index contributed by atoms with van der Waals surface area (Å²) in [4.78, 5) is 25.0. The highest BCUT2D eigenvalue weighted by atomic mass is 16.6. The van der Waals surface area contributed by atoms with Gasteiger partial charge < -0.3 is 14.2 Å². The maximum Gasteiger partial charge on any atom is 0.306 e. The zero-order valence-electron chi connectivity index (χ0n) is 32.6. The van der Waals surface area contributed by atoms with Gasteiger partial charge in [0, 0.05) is 12.8 Å². The van der Waals surface area contributed by atoms with E-state index in [2.05, 4.69) is 93.7 Å². The maximum atomic E-state index is 12.6. The predicted octanol–water partition coefficient (Wildman–Crippen LogP) is 13.2. The molecule has 0 bridgehead atoms. The van der Waals surface area contributed by atoms with Crippen molar-refractivity contribution in [3.63, 3.8) is 0 Å². The molecule has 0 spiro atoms. The first kappa shape index (κ1) is 47.3. The van der Waals surface area contributed by atoms with E-state index >= 15 is 0 Å². The highest BCUT2D eigenvalue weighted by Crippen LogP contribution is 2.11. The molecule has 0 aromatic carbocycles. The van der Waals surface area contributed by atoms with Gasteiger partial charge in [0.25, 0.3) is 0 Å². The maximum absolute atomic E-state index is 12.6. The van der Waals surface area contributed by atoms with Gasteiger partial charge in [0.2, 0.25) is 0 Å². The molecule has 0 rings (SSSR count). The van der Waals surface area contributed by atoms with Crippen LogP contribution in [-0.4, -0.2) is 37.9 Å². The van der Waals surface area contributed by atoms with Crippen molar-refractivity contribution in [1.29, 1.82) is 0 Å². The second-order valence-electron chi connectivity index (χ2n) is 13.2. The minimum Gasteiger partial charge on any atom is -0.462 e. The SMILES string of the molecule is CC/C=C\C/C=C\C/C=C\C/C=C\C/C=C\CCOCC(COC(=O)CCCCCCC/C=C\CCCC)OC(=O)CCCCCCCCC. The molecule has 0 amide bonds. The van der Waals surface area contributed by atoms with E-state index < -0.39 is 6.10 Å². The summed E-state index contributed by atoms with van der Waals surface area (Å²) in [7, 11) is 0. The van der Waals surface area contributed by atoms with Gasteiger partial charge in [-0.15, -0.1) is 0 Å². The van der Waals surface area contributed by atoms with Crippen LogP contribution in [0, 0.1) is 0 Å². The third kappa shape index (κ3) is 38.1. The summed E-state index contributed by atoms with van der Waals surface area (Å²) in [5.41, 5.74) is 0. The molecule has 1 atom stereocenters. The first-order valence-corrected chi connectivity index (χ1v) is 20.5. The zero-order chi connectivity index (χ0) is 36.4.